The molecule has 63 heavy (non-hydrogen) atoms. The molecule has 4 aromatic carbocycles. The van der Waals surface area contributed by atoms with E-state index in [1.807, 2.05) is 0 Å². The van der Waals surface area contributed by atoms with Crippen molar-refractivity contribution in [1.29, 1.82) is 10.8 Å². The van der Waals surface area contributed by atoms with Gasteiger partial charge in [-0.05, 0) is 92.8 Å². The fourth-order valence-corrected chi connectivity index (χ4v) is 6.49. The molecule has 8 N–H and O–H groups in total. The average molecular weight is 885 g/mol. The normalized spacial score (nSPS) is 12.4. The maximum absolute atomic E-state index is 12.9. The smallest absolute Gasteiger partial charge is 0.258 e. The zero-order valence-corrected chi connectivity index (χ0v) is 35.5. The number of hydrogen-bond acceptors (Lipinski definition) is 9. The van der Waals surface area contributed by atoms with E-state index in [-0.39, 0.29) is 23.2 Å². The number of anilines is 4. The van der Waals surface area contributed by atoms with Crippen LogP contribution in [-0.4, -0.2) is 88.3 Å². The molecule has 2 aromatic heterocycles. The number of para-hydroxylation sites is 2. The Kier molecular flexibility index (Phi) is 15.3. The van der Waals surface area contributed by atoms with Gasteiger partial charge in [0.25, 0.3) is 23.6 Å². The monoisotopic (exact) mass is 883 g/mol. The summed E-state index contributed by atoms with van der Waals surface area (Å²) in [7, 11) is 2.09. The number of carbonyl (C=O) groups is 4. The molecule has 0 bridgehead atoms. The van der Waals surface area contributed by atoms with Crippen LogP contribution in [0.15, 0.2) is 134 Å². The van der Waals surface area contributed by atoms with Crippen LogP contribution < -0.4 is 27.0 Å². The zero-order valence-electron chi connectivity index (χ0n) is 34.0. The molecular formula is C46H43Cl2N11O4. The summed E-state index contributed by atoms with van der Waals surface area (Å²) in [5.41, 5.74) is 8.84. The number of amidine groups is 2. The van der Waals surface area contributed by atoms with Crippen molar-refractivity contribution in [3.8, 4) is 0 Å². The Morgan fingerprint density at radius 2 is 0.984 bits per heavy atom. The highest BCUT2D eigenvalue weighted by Gasteiger charge is 2.19. The third kappa shape index (κ3) is 12.5. The molecule has 0 unspecified atom stereocenters. The number of halogens is 2. The topological polar surface area (TPSA) is 222 Å². The third-order valence-electron chi connectivity index (χ3n) is 9.69. The number of aromatic nitrogens is 2. The fourth-order valence-electron chi connectivity index (χ4n) is 6.27. The largest absolute Gasteiger partial charge is 0.384 e. The third-order valence-corrected chi connectivity index (χ3v) is 10.1. The number of nitrogens with one attached hydrogen (secondary N) is 6. The Balaban J connectivity index is 0.000000215. The van der Waals surface area contributed by atoms with Gasteiger partial charge in [0.1, 0.15) is 23.3 Å². The summed E-state index contributed by atoms with van der Waals surface area (Å²) in [6.07, 6.45) is 3.88. The predicted molar refractivity (Wildman–Crippen MR) is 248 cm³/mol. The van der Waals surface area contributed by atoms with E-state index in [0.29, 0.717) is 61.1 Å². The van der Waals surface area contributed by atoms with Crippen molar-refractivity contribution in [2.24, 2.45) is 5.73 Å². The van der Waals surface area contributed by atoms with Gasteiger partial charge in [-0.2, -0.15) is 0 Å². The van der Waals surface area contributed by atoms with Crippen molar-refractivity contribution in [2.75, 3.05) is 54.5 Å². The van der Waals surface area contributed by atoms with Crippen molar-refractivity contribution in [3.05, 3.63) is 177 Å². The fraction of sp³-hybridized carbons (Fsp3) is 0.130. The van der Waals surface area contributed by atoms with Crippen LogP contribution in [0.2, 0.25) is 10.0 Å². The lowest BCUT2D eigenvalue weighted by atomic mass is 10.1. The molecule has 1 saturated heterocycles. The van der Waals surface area contributed by atoms with E-state index in [1.54, 1.807) is 121 Å². The number of nitrogens with two attached hydrogens (primary N) is 1. The Morgan fingerprint density at radius 3 is 1.43 bits per heavy atom. The number of nitrogens with zero attached hydrogens (tertiary/aromatic N) is 4. The molecule has 1 aliphatic heterocycles. The van der Waals surface area contributed by atoms with Crippen molar-refractivity contribution >= 4 is 81.5 Å². The standard InChI is InChI=1S/C26H27ClN6O2.C20H16ClN5O2/c1-32-13-4-14-33(16-15-32)24(28)18-7-9-19(10-8-18)25(34)30-22-6-3-2-5-21(22)26(35)31-23-12-11-20(27)17-29-23;21-14-9-10-17(24-11-14)26-20(28)15-3-1-2-4-16(15)25-19(27)13-7-5-12(6-8-13)18(22)23/h2-3,5-12,17,28H,4,13-16H2,1H3,(H,30,34)(H,29,31,35);1-11H,(H3,22,23)(H,25,27)(H,24,26,28). The molecule has 3 heterocycles. The molecule has 0 spiro atoms. The van der Waals surface area contributed by atoms with Crippen molar-refractivity contribution in [2.45, 2.75) is 6.42 Å². The van der Waals surface area contributed by atoms with E-state index in [0.717, 1.165) is 38.2 Å². The van der Waals surface area contributed by atoms with Crippen LogP contribution in [0.3, 0.4) is 0 Å². The number of rotatable bonds is 10. The van der Waals surface area contributed by atoms with E-state index >= 15 is 0 Å². The molecular weight excluding hydrogens is 841 g/mol. The van der Waals surface area contributed by atoms with E-state index in [9.17, 15) is 19.2 Å². The lowest BCUT2D eigenvalue weighted by Crippen LogP contribution is -2.34. The van der Waals surface area contributed by atoms with Crippen LogP contribution in [0.4, 0.5) is 23.0 Å². The number of likely N-dealkylation sites (N-methyl/N-ethyl adjacent to an activating group) is 1. The first-order valence-electron chi connectivity index (χ1n) is 19.6. The van der Waals surface area contributed by atoms with Crippen molar-refractivity contribution in [3.63, 3.8) is 0 Å². The molecule has 0 atom stereocenters. The number of hydrogen-bond donors (Lipinski definition) is 7. The number of amides is 4. The molecule has 0 radical (unpaired) electrons. The summed E-state index contributed by atoms with van der Waals surface area (Å²) in [6.45, 7) is 3.60. The molecule has 1 fully saturated rings. The Labute approximate surface area is 373 Å². The molecule has 15 nitrogen and oxygen atoms in total. The minimum atomic E-state index is -0.419. The second-order valence-corrected chi connectivity index (χ2v) is 15.1. The first kappa shape index (κ1) is 45.1. The highest BCUT2D eigenvalue weighted by Crippen LogP contribution is 2.21. The first-order chi connectivity index (χ1) is 30.3. The average Bonchev–Trinajstić information content (AvgIpc) is 3.52. The maximum atomic E-state index is 12.9. The van der Waals surface area contributed by atoms with Crippen LogP contribution in [0.1, 0.15) is 59.0 Å². The van der Waals surface area contributed by atoms with E-state index in [1.165, 1.54) is 12.4 Å². The molecule has 320 valence electrons. The van der Waals surface area contributed by atoms with Gasteiger partial charge in [-0.25, -0.2) is 9.97 Å². The van der Waals surface area contributed by atoms with Gasteiger partial charge in [-0.3, -0.25) is 30.0 Å². The van der Waals surface area contributed by atoms with Crippen molar-refractivity contribution in [1.82, 2.24) is 19.8 Å². The van der Waals surface area contributed by atoms with Gasteiger partial charge in [0.2, 0.25) is 0 Å². The first-order valence-corrected chi connectivity index (χ1v) is 20.3. The van der Waals surface area contributed by atoms with Gasteiger partial charge >= 0.3 is 0 Å². The summed E-state index contributed by atoms with van der Waals surface area (Å²) in [5, 5.41) is 27.8. The summed E-state index contributed by atoms with van der Waals surface area (Å²) in [6, 6.07) is 33.1. The Morgan fingerprint density at radius 1 is 0.540 bits per heavy atom. The maximum Gasteiger partial charge on any atom is 0.258 e. The van der Waals surface area contributed by atoms with Gasteiger partial charge in [0.05, 0.1) is 32.5 Å². The molecule has 4 amide bonds. The SMILES string of the molecule is CN1CCCN(C(=N)c2ccc(C(=O)Nc3ccccc3C(=O)Nc3ccc(Cl)cn3)cc2)CC1.N=C(N)c1ccc(C(=O)Nc2ccccc2C(=O)Nc2ccc(Cl)cn2)cc1. The lowest BCUT2D eigenvalue weighted by molar-refractivity contribution is 0.101. The lowest BCUT2D eigenvalue weighted by Gasteiger charge is -2.23. The van der Waals surface area contributed by atoms with Gasteiger partial charge < -0.3 is 36.8 Å². The molecule has 17 heteroatoms. The van der Waals surface area contributed by atoms with Crippen LogP contribution in [0.25, 0.3) is 0 Å². The predicted octanol–water partition coefficient (Wildman–Crippen LogP) is 7.73. The van der Waals surface area contributed by atoms with E-state index in [2.05, 4.69) is 48.1 Å². The summed E-state index contributed by atoms with van der Waals surface area (Å²) < 4.78 is 0. The Hall–Kier alpha value is -7.46. The molecule has 0 saturated carbocycles. The van der Waals surface area contributed by atoms with Gasteiger partial charge in [0.15, 0.2) is 0 Å². The number of nitrogen functional groups attached to an aromatic ring is 1. The zero-order chi connectivity index (χ0) is 44.9. The molecule has 0 aliphatic carbocycles. The summed E-state index contributed by atoms with van der Waals surface area (Å²) >= 11 is 11.6. The van der Waals surface area contributed by atoms with Crippen LogP contribution in [0.5, 0.6) is 0 Å². The number of benzene rings is 4. The quantitative estimate of drug-likeness (QED) is 0.0528. The van der Waals surface area contributed by atoms with E-state index < -0.39 is 11.8 Å². The van der Waals surface area contributed by atoms with Crippen LogP contribution in [-0.2, 0) is 0 Å². The second-order valence-electron chi connectivity index (χ2n) is 14.2. The minimum Gasteiger partial charge on any atom is -0.384 e. The van der Waals surface area contributed by atoms with Gasteiger partial charge in [0, 0.05) is 54.3 Å². The molecule has 6 aromatic rings. The highest BCUT2D eigenvalue weighted by atomic mass is 35.5. The Bertz CT molecular complexity index is 2610. The van der Waals surface area contributed by atoms with E-state index in [4.69, 9.17) is 39.8 Å². The van der Waals surface area contributed by atoms with Gasteiger partial charge in [-0.1, -0.05) is 71.7 Å². The molecule has 7 rings (SSSR count). The number of pyridine rings is 2. The van der Waals surface area contributed by atoms with Crippen molar-refractivity contribution < 1.29 is 19.2 Å². The second kappa shape index (κ2) is 21.4. The van der Waals surface area contributed by atoms with Crippen LogP contribution in [0, 0.1) is 10.8 Å². The van der Waals surface area contributed by atoms with Gasteiger partial charge in [-0.15, -0.1) is 0 Å². The highest BCUT2D eigenvalue weighted by molar-refractivity contribution is 6.30. The molecule has 1 aliphatic rings. The number of carbonyl (C=O) groups excluding carboxylic acids is 4. The summed E-state index contributed by atoms with van der Waals surface area (Å²) in [5.74, 6) is -0.468. The summed E-state index contributed by atoms with van der Waals surface area (Å²) in [4.78, 5) is 63.2. The minimum absolute atomic E-state index is 0.0789. The van der Waals surface area contributed by atoms with Crippen LogP contribution >= 0.6 is 23.2 Å².